The standard InChI is InChI=1S/C24H24N2OS/c1-24(2)20-13-17(28-10-9-26(3)4)6-8-19(20)23(27)22-18-7-5-15(14-25)11-16(18)12-21(22)24/h5-8,11,13H,9-10,12H2,1-4H3. The lowest BCUT2D eigenvalue weighted by Crippen LogP contribution is -2.29. The van der Waals surface area contributed by atoms with Gasteiger partial charge in [-0.1, -0.05) is 19.9 Å². The van der Waals surface area contributed by atoms with Crippen LogP contribution in [0.1, 0.15) is 46.5 Å². The molecule has 2 aliphatic carbocycles. The molecular formula is C24H24N2OS. The highest BCUT2D eigenvalue weighted by molar-refractivity contribution is 7.99. The first kappa shape index (κ1) is 19.0. The van der Waals surface area contributed by atoms with Crippen molar-refractivity contribution in [3.05, 3.63) is 69.8 Å². The number of nitrogens with zero attached hydrogens (tertiary/aromatic N) is 2. The van der Waals surface area contributed by atoms with Gasteiger partial charge in [0.2, 0.25) is 0 Å². The Morgan fingerprint density at radius 3 is 2.61 bits per heavy atom. The molecule has 0 aliphatic heterocycles. The fraction of sp³-hybridized carbons (Fsp3) is 0.333. The van der Waals surface area contributed by atoms with Crippen molar-refractivity contribution in [3.8, 4) is 6.07 Å². The SMILES string of the molecule is CN(C)CCSc1ccc2c(c1)C(C)(C)C1=C(C2=O)c2ccc(C#N)cc2C1. The van der Waals surface area contributed by atoms with Crippen LogP contribution >= 0.6 is 11.8 Å². The summed E-state index contributed by atoms with van der Waals surface area (Å²) in [4.78, 5) is 16.8. The lowest BCUT2D eigenvalue weighted by Gasteiger charge is -2.34. The van der Waals surface area contributed by atoms with Gasteiger partial charge in [-0.25, -0.2) is 0 Å². The number of carbonyl (C=O) groups is 1. The summed E-state index contributed by atoms with van der Waals surface area (Å²) in [6.07, 6.45) is 0.746. The summed E-state index contributed by atoms with van der Waals surface area (Å²) in [7, 11) is 4.16. The Morgan fingerprint density at radius 1 is 1.14 bits per heavy atom. The van der Waals surface area contributed by atoms with Gasteiger partial charge in [-0.3, -0.25) is 4.79 Å². The van der Waals surface area contributed by atoms with Gasteiger partial charge in [0.15, 0.2) is 5.78 Å². The fourth-order valence-corrected chi connectivity index (χ4v) is 5.32. The van der Waals surface area contributed by atoms with Crippen LogP contribution in [0.15, 0.2) is 46.9 Å². The van der Waals surface area contributed by atoms with Crippen LogP contribution in [0.25, 0.3) is 5.57 Å². The highest BCUT2D eigenvalue weighted by atomic mass is 32.2. The largest absolute Gasteiger partial charge is 0.309 e. The third-order valence-electron chi connectivity index (χ3n) is 5.87. The maximum absolute atomic E-state index is 13.4. The van der Waals surface area contributed by atoms with Gasteiger partial charge in [0, 0.05) is 33.7 Å². The zero-order valence-corrected chi connectivity index (χ0v) is 17.6. The summed E-state index contributed by atoms with van der Waals surface area (Å²) in [5.74, 6) is 1.15. The van der Waals surface area contributed by atoms with Gasteiger partial charge in [0.1, 0.15) is 0 Å². The minimum Gasteiger partial charge on any atom is -0.309 e. The topological polar surface area (TPSA) is 44.1 Å². The Labute approximate surface area is 171 Å². The van der Waals surface area contributed by atoms with E-state index < -0.39 is 0 Å². The summed E-state index contributed by atoms with van der Waals surface area (Å²) in [5.41, 5.74) is 6.53. The molecule has 3 nitrogen and oxygen atoms in total. The van der Waals surface area contributed by atoms with E-state index in [9.17, 15) is 10.1 Å². The molecule has 0 bridgehead atoms. The molecule has 2 aliphatic rings. The average Bonchev–Trinajstić information content (AvgIpc) is 3.06. The Hall–Kier alpha value is -2.35. The van der Waals surface area contributed by atoms with E-state index in [-0.39, 0.29) is 11.2 Å². The van der Waals surface area contributed by atoms with Crippen LogP contribution in [0, 0.1) is 11.3 Å². The molecule has 0 aromatic heterocycles. The van der Waals surface area contributed by atoms with E-state index in [1.54, 1.807) is 0 Å². The minimum absolute atomic E-state index is 0.123. The normalized spacial score (nSPS) is 16.6. The van der Waals surface area contributed by atoms with Gasteiger partial charge >= 0.3 is 0 Å². The number of allylic oxidation sites excluding steroid dienone is 2. The molecule has 4 rings (SSSR count). The highest BCUT2D eigenvalue weighted by Gasteiger charge is 2.42. The number of carbonyl (C=O) groups excluding carboxylic acids is 1. The number of hydrogen-bond acceptors (Lipinski definition) is 4. The number of Topliss-reactive ketones (excluding diaryl/α,β-unsaturated/α-hetero) is 1. The third-order valence-corrected chi connectivity index (χ3v) is 6.84. The quantitative estimate of drug-likeness (QED) is 0.713. The third kappa shape index (κ3) is 2.99. The van der Waals surface area contributed by atoms with E-state index in [2.05, 4.69) is 51.0 Å². The number of hydrogen-bond donors (Lipinski definition) is 0. The summed E-state index contributed by atoms with van der Waals surface area (Å²) in [6.45, 7) is 5.47. The van der Waals surface area contributed by atoms with E-state index in [0.717, 1.165) is 46.5 Å². The Balaban J connectivity index is 1.73. The predicted octanol–water partition coefficient (Wildman–Crippen LogP) is 4.70. The van der Waals surface area contributed by atoms with Crippen molar-refractivity contribution in [3.63, 3.8) is 0 Å². The van der Waals surface area contributed by atoms with E-state index >= 15 is 0 Å². The molecule has 0 saturated heterocycles. The van der Waals surface area contributed by atoms with Gasteiger partial charge < -0.3 is 4.90 Å². The molecule has 0 heterocycles. The lowest BCUT2D eigenvalue weighted by molar-refractivity contribution is 0.105. The van der Waals surface area contributed by atoms with Crippen molar-refractivity contribution < 1.29 is 4.79 Å². The first-order chi connectivity index (χ1) is 13.3. The molecule has 28 heavy (non-hydrogen) atoms. The maximum atomic E-state index is 13.4. The van der Waals surface area contributed by atoms with Crippen molar-refractivity contribution in [1.29, 1.82) is 5.26 Å². The molecular weight excluding hydrogens is 364 g/mol. The zero-order valence-electron chi connectivity index (χ0n) is 16.8. The number of benzene rings is 2. The summed E-state index contributed by atoms with van der Waals surface area (Å²) in [5, 5.41) is 9.22. The number of nitriles is 1. The van der Waals surface area contributed by atoms with Crippen molar-refractivity contribution in [2.75, 3.05) is 26.4 Å². The van der Waals surface area contributed by atoms with Crippen LogP contribution in [0.5, 0.6) is 0 Å². The molecule has 0 radical (unpaired) electrons. The van der Waals surface area contributed by atoms with Crippen molar-refractivity contribution >= 4 is 23.1 Å². The van der Waals surface area contributed by atoms with Crippen LogP contribution in [-0.2, 0) is 11.8 Å². The smallest absolute Gasteiger partial charge is 0.193 e. The van der Waals surface area contributed by atoms with Crippen molar-refractivity contribution in [2.45, 2.75) is 30.6 Å². The summed E-state index contributed by atoms with van der Waals surface area (Å²) >= 11 is 1.84. The number of ketones is 1. The number of thioether (sulfide) groups is 1. The molecule has 0 amide bonds. The molecule has 2 aromatic carbocycles. The van der Waals surface area contributed by atoms with E-state index in [4.69, 9.17) is 0 Å². The van der Waals surface area contributed by atoms with Crippen molar-refractivity contribution in [2.24, 2.45) is 0 Å². The maximum Gasteiger partial charge on any atom is 0.193 e. The molecule has 0 fully saturated rings. The van der Waals surface area contributed by atoms with Crippen LogP contribution in [0.4, 0.5) is 0 Å². The molecule has 4 heteroatoms. The molecule has 0 N–H and O–H groups in total. The molecule has 0 atom stereocenters. The summed E-state index contributed by atoms with van der Waals surface area (Å²) < 4.78 is 0. The first-order valence-electron chi connectivity index (χ1n) is 9.56. The van der Waals surface area contributed by atoms with Gasteiger partial charge in [-0.15, -0.1) is 11.8 Å². The van der Waals surface area contributed by atoms with Crippen molar-refractivity contribution in [1.82, 2.24) is 4.90 Å². The second-order valence-corrected chi connectivity index (χ2v) is 9.50. The second-order valence-electron chi connectivity index (χ2n) is 8.33. The Bertz CT molecular complexity index is 1060. The molecule has 0 saturated carbocycles. The molecule has 0 unspecified atom stereocenters. The molecule has 0 spiro atoms. The monoisotopic (exact) mass is 388 g/mol. The zero-order chi connectivity index (χ0) is 20.1. The second kappa shape index (κ2) is 6.92. The van der Waals surface area contributed by atoms with Crippen LogP contribution in [0.2, 0.25) is 0 Å². The fourth-order valence-electron chi connectivity index (χ4n) is 4.26. The van der Waals surface area contributed by atoms with E-state index in [1.165, 1.54) is 10.5 Å². The van der Waals surface area contributed by atoms with Crippen LogP contribution in [0.3, 0.4) is 0 Å². The van der Waals surface area contributed by atoms with Gasteiger partial charge in [-0.2, -0.15) is 5.26 Å². The Kier molecular flexibility index (Phi) is 4.69. The first-order valence-corrected chi connectivity index (χ1v) is 10.5. The number of fused-ring (bicyclic) bond motifs is 3. The number of rotatable bonds is 4. The minimum atomic E-state index is -0.206. The van der Waals surface area contributed by atoms with Gasteiger partial charge in [-0.05, 0) is 73.1 Å². The Morgan fingerprint density at radius 2 is 1.89 bits per heavy atom. The molecule has 2 aromatic rings. The van der Waals surface area contributed by atoms with Gasteiger partial charge in [0.25, 0.3) is 0 Å². The summed E-state index contributed by atoms with van der Waals surface area (Å²) in [6, 6.07) is 14.2. The molecule has 142 valence electrons. The van der Waals surface area contributed by atoms with Gasteiger partial charge in [0.05, 0.1) is 11.6 Å². The average molecular weight is 389 g/mol. The lowest BCUT2D eigenvalue weighted by atomic mass is 9.68. The highest BCUT2D eigenvalue weighted by Crippen LogP contribution is 2.50. The van der Waals surface area contributed by atoms with E-state index in [0.29, 0.717) is 5.56 Å². The van der Waals surface area contributed by atoms with Crippen LogP contribution < -0.4 is 0 Å². The van der Waals surface area contributed by atoms with Crippen LogP contribution in [-0.4, -0.2) is 37.1 Å². The van der Waals surface area contributed by atoms with E-state index in [1.807, 2.05) is 36.0 Å². The predicted molar refractivity (Wildman–Crippen MR) is 115 cm³/mol.